The molecule has 0 aliphatic heterocycles. The topological polar surface area (TPSA) is 48.7 Å². The van der Waals surface area contributed by atoms with E-state index in [1.54, 1.807) is 12.3 Å². The first kappa shape index (κ1) is 13.1. The molecule has 0 aliphatic rings. The summed E-state index contributed by atoms with van der Waals surface area (Å²) in [6.45, 7) is 0.561. The maximum absolute atomic E-state index is 13.1. The number of pyridine rings is 1. The Kier molecular flexibility index (Phi) is 3.48. The van der Waals surface area contributed by atoms with E-state index in [0.29, 0.717) is 17.8 Å². The maximum atomic E-state index is 13.1. The Bertz CT molecular complexity index is 837. The van der Waals surface area contributed by atoms with Crippen molar-refractivity contribution in [3.8, 4) is 6.07 Å². The number of aromatic nitrogens is 1. The number of rotatable bonds is 3. The molecule has 0 amide bonds. The van der Waals surface area contributed by atoms with Crippen molar-refractivity contribution in [2.24, 2.45) is 0 Å². The van der Waals surface area contributed by atoms with Crippen LogP contribution in [0.5, 0.6) is 0 Å². The molecule has 2 aromatic carbocycles. The molecule has 1 N–H and O–H groups in total. The smallest absolute Gasteiger partial charge is 0.124 e. The van der Waals surface area contributed by atoms with Crippen molar-refractivity contribution in [3.05, 3.63) is 71.7 Å². The van der Waals surface area contributed by atoms with Gasteiger partial charge in [0.25, 0.3) is 0 Å². The molecule has 0 radical (unpaired) electrons. The molecule has 0 atom stereocenters. The van der Waals surface area contributed by atoms with Crippen molar-refractivity contribution < 1.29 is 4.39 Å². The quantitative estimate of drug-likeness (QED) is 0.791. The molecule has 0 aliphatic carbocycles. The number of benzene rings is 2. The second kappa shape index (κ2) is 5.59. The lowest BCUT2D eigenvalue weighted by Gasteiger charge is -2.09. The van der Waals surface area contributed by atoms with Crippen LogP contribution in [0, 0.1) is 17.1 Å². The minimum atomic E-state index is -0.408. The van der Waals surface area contributed by atoms with Crippen molar-refractivity contribution in [3.63, 3.8) is 0 Å². The van der Waals surface area contributed by atoms with Crippen molar-refractivity contribution >= 4 is 16.6 Å². The van der Waals surface area contributed by atoms with Crippen molar-refractivity contribution in [1.29, 1.82) is 5.26 Å². The number of nitrogens with zero attached hydrogens (tertiary/aromatic N) is 2. The van der Waals surface area contributed by atoms with Gasteiger partial charge in [-0.05, 0) is 42.0 Å². The van der Waals surface area contributed by atoms with Gasteiger partial charge in [-0.3, -0.25) is 4.98 Å². The molecule has 3 rings (SSSR count). The summed E-state index contributed by atoms with van der Waals surface area (Å²) in [5, 5.41) is 13.2. The van der Waals surface area contributed by atoms with E-state index in [9.17, 15) is 4.39 Å². The highest BCUT2D eigenvalue weighted by molar-refractivity contribution is 5.79. The van der Waals surface area contributed by atoms with E-state index in [1.807, 2.05) is 36.4 Å². The lowest BCUT2D eigenvalue weighted by atomic mass is 10.1. The van der Waals surface area contributed by atoms with Crippen molar-refractivity contribution in [2.45, 2.75) is 6.54 Å². The molecule has 4 heteroatoms. The fraction of sp³-hybridized carbons (Fsp3) is 0.0588. The summed E-state index contributed by atoms with van der Waals surface area (Å²) in [6.07, 6.45) is 1.76. The van der Waals surface area contributed by atoms with Crippen molar-refractivity contribution in [2.75, 3.05) is 5.32 Å². The molecule has 0 bridgehead atoms. The highest BCUT2D eigenvalue weighted by Gasteiger charge is 2.04. The first-order chi connectivity index (χ1) is 10.3. The summed E-state index contributed by atoms with van der Waals surface area (Å²) in [6, 6.07) is 16.0. The molecule has 0 fully saturated rings. The summed E-state index contributed by atoms with van der Waals surface area (Å²) in [4.78, 5) is 4.27. The van der Waals surface area contributed by atoms with Gasteiger partial charge >= 0.3 is 0 Å². The minimum absolute atomic E-state index is 0.303. The molecule has 0 saturated heterocycles. The molecule has 1 heterocycles. The van der Waals surface area contributed by atoms with Crippen LogP contribution in [0.15, 0.2) is 54.7 Å². The van der Waals surface area contributed by atoms with E-state index in [4.69, 9.17) is 5.26 Å². The van der Waals surface area contributed by atoms with Gasteiger partial charge in [0, 0.05) is 18.1 Å². The zero-order valence-corrected chi connectivity index (χ0v) is 11.2. The third kappa shape index (κ3) is 2.82. The van der Waals surface area contributed by atoms with Gasteiger partial charge in [-0.15, -0.1) is 0 Å². The van der Waals surface area contributed by atoms with E-state index in [1.165, 1.54) is 12.1 Å². The Balaban J connectivity index is 1.82. The lowest BCUT2D eigenvalue weighted by Crippen LogP contribution is -2.01. The van der Waals surface area contributed by atoms with Crippen LogP contribution in [-0.2, 0) is 6.54 Å². The Morgan fingerprint density at radius 2 is 2.05 bits per heavy atom. The van der Waals surface area contributed by atoms with Crippen LogP contribution in [0.25, 0.3) is 10.9 Å². The van der Waals surface area contributed by atoms with Crippen LogP contribution in [-0.4, -0.2) is 4.98 Å². The fourth-order valence-corrected chi connectivity index (χ4v) is 2.20. The predicted molar refractivity (Wildman–Crippen MR) is 80.2 cm³/mol. The maximum Gasteiger partial charge on any atom is 0.124 e. The molecule has 1 aromatic heterocycles. The van der Waals surface area contributed by atoms with E-state index >= 15 is 0 Å². The van der Waals surface area contributed by atoms with Gasteiger partial charge in [-0.25, -0.2) is 4.39 Å². The number of hydrogen-bond donors (Lipinski definition) is 1. The van der Waals surface area contributed by atoms with E-state index < -0.39 is 5.82 Å². The largest absolute Gasteiger partial charge is 0.380 e. The third-order valence-electron chi connectivity index (χ3n) is 3.25. The summed E-state index contributed by atoms with van der Waals surface area (Å²) < 4.78 is 13.1. The average Bonchev–Trinajstić information content (AvgIpc) is 2.53. The molecule has 0 spiro atoms. The molecular formula is C17H12FN3. The van der Waals surface area contributed by atoms with Gasteiger partial charge in [-0.2, -0.15) is 5.26 Å². The van der Waals surface area contributed by atoms with Crippen LogP contribution in [0.3, 0.4) is 0 Å². The standard InChI is InChI=1S/C17H12FN3/c18-15-4-6-17(14(9-15)10-19)21-11-12-3-5-16-13(8-12)2-1-7-20-16/h1-9,21H,11H2. The normalized spacial score (nSPS) is 10.3. The Morgan fingerprint density at radius 1 is 1.14 bits per heavy atom. The predicted octanol–water partition coefficient (Wildman–Crippen LogP) is 3.86. The number of nitriles is 1. The Hall–Kier alpha value is -2.93. The van der Waals surface area contributed by atoms with E-state index in [2.05, 4.69) is 10.3 Å². The Morgan fingerprint density at radius 3 is 2.90 bits per heavy atom. The summed E-state index contributed by atoms with van der Waals surface area (Å²) in [5.41, 5.74) is 2.95. The number of hydrogen-bond acceptors (Lipinski definition) is 3. The second-order valence-electron chi connectivity index (χ2n) is 4.69. The lowest BCUT2D eigenvalue weighted by molar-refractivity contribution is 0.627. The average molecular weight is 277 g/mol. The fourth-order valence-electron chi connectivity index (χ4n) is 2.20. The van der Waals surface area contributed by atoms with Crippen LogP contribution in [0.4, 0.5) is 10.1 Å². The van der Waals surface area contributed by atoms with Crippen molar-refractivity contribution in [1.82, 2.24) is 4.98 Å². The highest BCUT2D eigenvalue weighted by Crippen LogP contribution is 2.18. The minimum Gasteiger partial charge on any atom is -0.380 e. The monoisotopic (exact) mass is 277 g/mol. The second-order valence-corrected chi connectivity index (χ2v) is 4.69. The van der Waals surface area contributed by atoms with Gasteiger partial charge < -0.3 is 5.32 Å². The number of fused-ring (bicyclic) bond motifs is 1. The number of halogens is 1. The molecule has 0 unspecified atom stereocenters. The van der Waals surface area contributed by atoms with Gasteiger partial charge in [-0.1, -0.05) is 12.1 Å². The SMILES string of the molecule is N#Cc1cc(F)ccc1NCc1ccc2ncccc2c1. The number of anilines is 1. The molecular weight excluding hydrogens is 265 g/mol. The third-order valence-corrected chi connectivity index (χ3v) is 3.25. The van der Waals surface area contributed by atoms with Crippen LogP contribution < -0.4 is 5.32 Å². The highest BCUT2D eigenvalue weighted by atomic mass is 19.1. The van der Waals surface area contributed by atoms with E-state index in [-0.39, 0.29) is 0 Å². The van der Waals surface area contributed by atoms with Gasteiger partial charge in [0.2, 0.25) is 0 Å². The molecule has 0 saturated carbocycles. The number of nitrogens with one attached hydrogen (secondary N) is 1. The van der Waals surface area contributed by atoms with Gasteiger partial charge in [0.15, 0.2) is 0 Å². The molecule has 21 heavy (non-hydrogen) atoms. The van der Waals surface area contributed by atoms with Crippen LogP contribution in [0.1, 0.15) is 11.1 Å². The zero-order chi connectivity index (χ0) is 14.7. The summed E-state index contributed by atoms with van der Waals surface area (Å²) in [7, 11) is 0. The first-order valence-electron chi connectivity index (χ1n) is 6.53. The summed E-state index contributed by atoms with van der Waals surface area (Å²) >= 11 is 0. The zero-order valence-electron chi connectivity index (χ0n) is 11.2. The molecule has 102 valence electrons. The first-order valence-corrected chi connectivity index (χ1v) is 6.53. The van der Waals surface area contributed by atoms with Gasteiger partial charge in [0.05, 0.1) is 16.8 Å². The molecule has 3 aromatic rings. The van der Waals surface area contributed by atoms with Gasteiger partial charge in [0.1, 0.15) is 11.9 Å². The molecule has 3 nitrogen and oxygen atoms in total. The Labute approximate surface area is 121 Å². The van der Waals surface area contributed by atoms with Crippen LogP contribution >= 0.6 is 0 Å². The van der Waals surface area contributed by atoms with Crippen LogP contribution in [0.2, 0.25) is 0 Å². The van der Waals surface area contributed by atoms with E-state index in [0.717, 1.165) is 16.5 Å². The summed E-state index contributed by atoms with van der Waals surface area (Å²) in [5.74, 6) is -0.408.